The normalized spacial score (nSPS) is 11.9. The number of carbonyl (C=O) groups is 1. The van der Waals surface area contributed by atoms with Crippen molar-refractivity contribution in [2.24, 2.45) is 0 Å². The molecule has 0 saturated carbocycles. The fraction of sp³-hybridized carbons (Fsp3) is 0.280. The summed E-state index contributed by atoms with van der Waals surface area (Å²) < 4.78 is 8.08. The summed E-state index contributed by atoms with van der Waals surface area (Å²) in [4.78, 5) is 17.1. The first-order valence-corrected chi connectivity index (χ1v) is 13.4. The number of amides is 1. The van der Waals surface area contributed by atoms with Gasteiger partial charge >= 0.3 is 0 Å². The van der Waals surface area contributed by atoms with E-state index in [2.05, 4.69) is 20.5 Å². The molecule has 1 unspecified atom stereocenters. The number of halogens is 1. The summed E-state index contributed by atoms with van der Waals surface area (Å²) in [7, 11) is 0. The molecule has 0 aliphatic heterocycles. The summed E-state index contributed by atoms with van der Waals surface area (Å²) >= 11 is 8.79. The Morgan fingerprint density at radius 2 is 1.97 bits per heavy atom. The number of nitrogens with one attached hydrogen (secondary N) is 1. The minimum absolute atomic E-state index is 0.145. The molecule has 4 rings (SSSR count). The van der Waals surface area contributed by atoms with Gasteiger partial charge in [0.2, 0.25) is 5.91 Å². The Kier molecular flexibility index (Phi) is 8.10. The Labute approximate surface area is 217 Å². The smallest absolute Gasteiger partial charge is 0.236 e. The van der Waals surface area contributed by atoms with Crippen LogP contribution in [0.2, 0.25) is 5.02 Å². The minimum Gasteiger partial charge on any atom is -0.482 e. The highest BCUT2D eigenvalue weighted by molar-refractivity contribution is 7.99. The maximum absolute atomic E-state index is 12.6. The molecule has 7 nitrogen and oxygen atoms in total. The van der Waals surface area contributed by atoms with Crippen LogP contribution in [0.5, 0.6) is 5.75 Å². The maximum atomic E-state index is 12.6. The van der Waals surface area contributed by atoms with Gasteiger partial charge in [-0.05, 0) is 51.5 Å². The van der Waals surface area contributed by atoms with Crippen LogP contribution in [0, 0.1) is 13.8 Å². The van der Waals surface area contributed by atoms with Crippen molar-refractivity contribution in [2.75, 3.05) is 11.1 Å². The van der Waals surface area contributed by atoms with Crippen LogP contribution in [-0.2, 0) is 11.3 Å². The second-order valence-electron chi connectivity index (χ2n) is 8.00. The van der Waals surface area contributed by atoms with Crippen molar-refractivity contribution in [3.63, 3.8) is 0 Å². The lowest BCUT2D eigenvalue weighted by molar-refractivity contribution is -0.113. The number of aromatic nitrogens is 4. The monoisotopic (exact) mass is 527 g/mol. The summed E-state index contributed by atoms with van der Waals surface area (Å²) in [6, 6.07) is 13.7. The molecule has 35 heavy (non-hydrogen) atoms. The number of hydrogen-bond acceptors (Lipinski definition) is 7. The molecule has 0 radical (unpaired) electrons. The standard InChI is InChI=1S/C25H26ClN5O2S2/c1-5-31-23(17(4)33-21-11-10-19(26)12-16(21)3)29-30-25(31)35-14-22(32)28-24-27-20(13-34-24)18-8-6-15(2)7-9-18/h6-13,17H,5,14H2,1-4H3,(H,27,28,32). The second-order valence-corrected chi connectivity index (χ2v) is 10.2. The Balaban J connectivity index is 1.36. The fourth-order valence-electron chi connectivity index (χ4n) is 3.47. The van der Waals surface area contributed by atoms with Crippen molar-refractivity contribution < 1.29 is 9.53 Å². The Morgan fingerprint density at radius 3 is 2.69 bits per heavy atom. The van der Waals surface area contributed by atoms with Crippen molar-refractivity contribution in [3.8, 4) is 17.0 Å². The summed E-state index contributed by atoms with van der Waals surface area (Å²) in [5.74, 6) is 1.50. The fourth-order valence-corrected chi connectivity index (χ4v) is 5.24. The van der Waals surface area contributed by atoms with E-state index in [-0.39, 0.29) is 17.8 Å². The molecule has 2 aromatic carbocycles. The molecule has 0 aliphatic rings. The quantitative estimate of drug-likeness (QED) is 0.248. The summed E-state index contributed by atoms with van der Waals surface area (Å²) in [6.45, 7) is 8.60. The molecular formula is C25H26ClN5O2S2. The van der Waals surface area contributed by atoms with Crippen LogP contribution < -0.4 is 10.1 Å². The Morgan fingerprint density at radius 1 is 1.20 bits per heavy atom. The molecule has 0 aliphatic carbocycles. The van der Waals surface area contributed by atoms with Crippen LogP contribution in [0.4, 0.5) is 5.13 Å². The topological polar surface area (TPSA) is 81.9 Å². The van der Waals surface area contributed by atoms with E-state index < -0.39 is 0 Å². The SMILES string of the molecule is CCn1c(SCC(=O)Nc2nc(-c3ccc(C)cc3)cs2)nnc1C(C)Oc1ccc(Cl)cc1C. The van der Waals surface area contributed by atoms with E-state index in [1.54, 1.807) is 6.07 Å². The average Bonchev–Trinajstić information content (AvgIpc) is 3.47. The van der Waals surface area contributed by atoms with Crippen LogP contribution in [0.1, 0.15) is 36.9 Å². The molecule has 0 fully saturated rings. The van der Waals surface area contributed by atoms with Gasteiger partial charge in [0.25, 0.3) is 0 Å². The molecule has 1 amide bonds. The molecule has 1 N–H and O–H groups in total. The van der Waals surface area contributed by atoms with E-state index in [1.165, 1.54) is 28.7 Å². The van der Waals surface area contributed by atoms with E-state index in [9.17, 15) is 4.79 Å². The van der Waals surface area contributed by atoms with Crippen LogP contribution in [0.3, 0.4) is 0 Å². The molecule has 0 saturated heterocycles. The van der Waals surface area contributed by atoms with Gasteiger partial charge in [0.1, 0.15) is 5.75 Å². The number of ether oxygens (including phenoxy) is 1. The van der Waals surface area contributed by atoms with Crippen LogP contribution in [0.15, 0.2) is 53.0 Å². The Bertz CT molecular complexity index is 1320. The highest BCUT2D eigenvalue weighted by Gasteiger charge is 2.20. The molecule has 2 heterocycles. The van der Waals surface area contributed by atoms with Gasteiger partial charge in [0.15, 0.2) is 22.2 Å². The summed E-state index contributed by atoms with van der Waals surface area (Å²) in [5, 5.41) is 15.4. The predicted octanol–water partition coefficient (Wildman–Crippen LogP) is 6.56. The third kappa shape index (κ3) is 6.22. The summed E-state index contributed by atoms with van der Waals surface area (Å²) in [5.41, 5.74) is 4.01. The highest BCUT2D eigenvalue weighted by Crippen LogP contribution is 2.29. The molecule has 1 atom stereocenters. The zero-order chi connectivity index (χ0) is 24.9. The van der Waals surface area contributed by atoms with Crippen LogP contribution >= 0.6 is 34.7 Å². The van der Waals surface area contributed by atoms with E-state index in [4.69, 9.17) is 16.3 Å². The van der Waals surface area contributed by atoms with Crippen molar-refractivity contribution in [3.05, 3.63) is 69.8 Å². The zero-order valence-corrected chi connectivity index (χ0v) is 22.3. The van der Waals surface area contributed by atoms with Gasteiger partial charge in [-0.25, -0.2) is 4.98 Å². The zero-order valence-electron chi connectivity index (χ0n) is 19.9. The van der Waals surface area contributed by atoms with Gasteiger partial charge in [-0.15, -0.1) is 21.5 Å². The van der Waals surface area contributed by atoms with E-state index in [0.717, 1.165) is 22.6 Å². The van der Waals surface area contributed by atoms with Gasteiger partial charge in [-0.3, -0.25) is 4.79 Å². The molecule has 2 aromatic heterocycles. The molecule has 0 spiro atoms. The van der Waals surface area contributed by atoms with Crippen molar-refractivity contribution in [1.29, 1.82) is 0 Å². The lowest BCUT2D eigenvalue weighted by Crippen LogP contribution is -2.15. The summed E-state index contributed by atoms with van der Waals surface area (Å²) in [6.07, 6.45) is -0.319. The lowest BCUT2D eigenvalue weighted by Gasteiger charge is -2.17. The van der Waals surface area contributed by atoms with E-state index in [1.807, 2.05) is 74.0 Å². The van der Waals surface area contributed by atoms with Gasteiger partial charge in [-0.1, -0.05) is 53.2 Å². The maximum Gasteiger partial charge on any atom is 0.236 e. The first-order chi connectivity index (χ1) is 16.8. The van der Waals surface area contributed by atoms with E-state index in [0.29, 0.717) is 27.7 Å². The van der Waals surface area contributed by atoms with E-state index >= 15 is 0 Å². The number of hydrogen-bond donors (Lipinski definition) is 1. The molecular weight excluding hydrogens is 502 g/mol. The first-order valence-electron chi connectivity index (χ1n) is 11.1. The number of thioether (sulfide) groups is 1. The third-order valence-corrected chi connectivity index (χ3v) is 7.26. The Hall–Kier alpha value is -2.88. The number of nitrogens with zero attached hydrogens (tertiary/aromatic N) is 4. The van der Waals surface area contributed by atoms with Crippen LogP contribution in [-0.4, -0.2) is 31.4 Å². The van der Waals surface area contributed by atoms with Gasteiger partial charge in [0.05, 0.1) is 11.4 Å². The number of anilines is 1. The van der Waals surface area contributed by atoms with Crippen molar-refractivity contribution in [2.45, 2.75) is 45.5 Å². The lowest BCUT2D eigenvalue weighted by atomic mass is 10.1. The van der Waals surface area contributed by atoms with Crippen molar-refractivity contribution >= 4 is 45.7 Å². The second kappa shape index (κ2) is 11.2. The number of carbonyl (C=O) groups excluding carboxylic acids is 1. The third-order valence-electron chi connectivity index (χ3n) is 5.30. The largest absolute Gasteiger partial charge is 0.482 e. The number of thiazole rings is 1. The molecule has 0 bridgehead atoms. The molecule has 10 heteroatoms. The van der Waals surface area contributed by atoms with Crippen molar-refractivity contribution in [1.82, 2.24) is 19.7 Å². The molecule has 182 valence electrons. The number of benzene rings is 2. The van der Waals surface area contributed by atoms with Crippen LogP contribution in [0.25, 0.3) is 11.3 Å². The number of rotatable bonds is 9. The first kappa shape index (κ1) is 25.2. The minimum atomic E-state index is -0.319. The molecule has 4 aromatic rings. The van der Waals surface area contributed by atoms with Gasteiger partial charge in [-0.2, -0.15) is 0 Å². The average molecular weight is 528 g/mol. The van der Waals surface area contributed by atoms with Gasteiger partial charge < -0.3 is 14.6 Å². The highest BCUT2D eigenvalue weighted by atomic mass is 35.5. The van der Waals surface area contributed by atoms with Gasteiger partial charge in [0, 0.05) is 22.5 Å². The predicted molar refractivity (Wildman–Crippen MR) is 143 cm³/mol. The number of aryl methyl sites for hydroxylation is 2.